The van der Waals surface area contributed by atoms with E-state index in [0.717, 1.165) is 18.8 Å². The Morgan fingerprint density at radius 1 is 1.46 bits per heavy atom. The summed E-state index contributed by atoms with van der Waals surface area (Å²) in [7, 11) is 0. The highest BCUT2D eigenvalue weighted by Crippen LogP contribution is 2.39. The zero-order chi connectivity index (χ0) is 9.47. The van der Waals surface area contributed by atoms with Crippen LogP contribution in [0.15, 0.2) is 0 Å². The smallest absolute Gasteiger partial charge is 0.407 e. The van der Waals surface area contributed by atoms with Gasteiger partial charge in [0.1, 0.15) is 5.60 Å². The van der Waals surface area contributed by atoms with Crippen LogP contribution >= 0.6 is 0 Å². The van der Waals surface area contributed by atoms with Crippen LogP contribution in [0.1, 0.15) is 33.1 Å². The molecule has 0 aromatic carbocycles. The first kappa shape index (κ1) is 8.85. The molecule has 2 rings (SSSR count). The van der Waals surface area contributed by atoms with Gasteiger partial charge in [0.05, 0.1) is 6.54 Å². The van der Waals surface area contributed by atoms with Gasteiger partial charge in [0.15, 0.2) is 0 Å². The minimum Gasteiger partial charge on any atom is -0.441 e. The van der Waals surface area contributed by atoms with Crippen LogP contribution in [-0.4, -0.2) is 18.2 Å². The number of amides is 1. The number of carbonyl (C=O) groups excluding carboxylic acids is 1. The quantitative estimate of drug-likeness (QED) is 0.623. The van der Waals surface area contributed by atoms with Crippen LogP contribution in [0.3, 0.4) is 0 Å². The van der Waals surface area contributed by atoms with Gasteiger partial charge in [0.25, 0.3) is 0 Å². The molecular weight excluding hydrogens is 166 g/mol. The molecule has 0 aromatic heterocycles. The van der Waals surface area contributed by atoms with Crippen LogP contribution in [0, 0.1) is 11.8 Å². The molecule has 1 amide bonds. The lowest BCUT2D eigenvalue weighted by Gasteiger charge is -2.37. The lowest BCUT2D eigenvalue weighted by molar-refractivity contribution is -0.00527. The molecular formula is C10H17NO2. The van der Waals surface area contributed by atoms with E-state index in [1.807, 2.05) is 0 Å². The van der Waals surface area contributed by atoms with E-state index in [-0.39, 0.29) is 11.7 Å². The van der Waals surface area contributed by atoms with Crippen molar-refractivity contribution >= 4 is 6.09 Å². The third kappa shape index (κ3) is 1.52. The fourth-order valence-corrected chi connectivity index (χ4v) is 2.42. The second kappa shape index (κ2) is 2.89. The van der Waals surface area contributed by atoms with Crippen molar-refractivity contribution in [3.05, 3.63) is 0 Å². The van der Waals surface area contributed by atoms with Gasteiger partial charge in [-0.3, -0.25) is 0 Å². The summed E-state index contributed by atoms with van der Waals surface area (Å²) < 4.78 is 5.36. The highest BCUT2D eigenvalue weighted by atomic mass is 16.6. The van der Waals surface area contributed by atoms with Crippen molar-refractivity contribution in [3.63, 3.8) is 0 Å². The molecule has 74 valence electrons. The molecule has 1 aliphatic heterocycles. The zero-order valence-corrected chi connectivity index (χ0v) is 8.30. The van der Waals surface area contributed by atoms with E-state index in [4.69, 9.17) is 4.74 Å². The summed E-state index contributed by atoms with van der Waals surface area (Å²) in [5.41, 5.74) is -0.164. The van der Waals surface area contributed by atoms with Gasteiger partial charge in [0.2, 0.25) is 0 Å². The predicted molar refractivity (Wildman–Crippen MR) is 49.4 cm³/mol. The van der Waals surface area contributed by atoms with E-state index in [1.165, 1.54) is 6.42 Å². The third-order valence-electron chi connectivity index (χ3n) is 3.58. The van der Waals surface area contributed by atoms with Gasteiger partial charge in [-0.05, 0) is 31.1 Å². The average Bonchev–Trinajstić information content (AvgIpc) is 2.42. The maximum atomic E-state index is 11.0. The standard InChI is InChI=1S/C10H17NO2/c1-7-3-4-10(5-8(7)2)6-11-9(12)13-10/h7-8H,3-6H2,1-2H3,(H,11,12). The SMILES string of the molecule is CC1CCC2(CNC(=O)O2)CC1C. The number of nitrogens with one attached hydrogen (secondary N) is 1. The lowest BCUT2D eigenvalue weighted by Crippen LogP contribution is -2.40. The molecule has 3 nitrogen and oxygen atoms in total. The average molecular weight is 183 g/mol. The molecule has 0 bridgehead atoms. The molecule has 1 saturated heterocycles. The summed E-state index contributed by atoms with van der Waals surface area (Å²) in [5.74, 6) is 1.44. The van der Waals surface area contributed by atoms with E-state index in [0.29, 0.717) is 12.5 Å². The molecule has 1 heterocycles. The van der Waals surface area contributed by atoms with E-state index in [1.54, 1.807) is 0 Å². The molecule has 0 radical (unpaired) electrons. The van der Waals surface area contributed by atoms with Gasteiger partial charge in [-0.1, -0.05) is 13.8 Å². The van der Waals surface area contributed by atoms with Crippen molar-refractivity contribution in [1.29, 1.82) is 0 Å². The van der Waals surface area contributed by atoms with Gasteiger partial charge in [-0.15, -0.1) is 0 Å². The highest BCUT2D eigenvalue weighted by Gasteiger charge is 2.44. The molecule has 1 spiro atoms. The Morgan fingerprint density at radius 3 is 2.77 bits per heavy atom. The van der Waals surface area contributed by atoms with Crippen molar-refractivity contribution in [1.82, 2.24) is 5.32 Å². The second-order valence-electron chi connectivity index (χ2n) is 4.62. The molecule has 3 atom stereocenters. The van der Waals surface area contributed by atoms with Crippen molar-refractivity contribution in [2.24, 2.45) is 11.8 Å². The Bertz CT molecular complexity index is 229. The molecule has 3 unspecified atom stereocenters. The summed E-state index contributed by atoms with van der Waals surface area (Å²) in [6, 6.07) is 0. The number of alkyl carbamates (subject to hydrolysis) is 1. The first-order chi connectivity index (χ1) is 6.11. The third-order valence-corrected chi connectivity index (χ3v) is 3.58. The Labute approximate surface area is 78.8 Å². The van der Waals surface area contributed by atoms with Crippen molar-refractivity contribution in [2.75, 3.05) is 6.54 Å². The van der Waals surface area contributed by atoms with Crippen LogP contribution in [0.2, 0.25) is 0 Å². The van der Waals surface area contributed by atoms with Crippen molar-refractivity contribution in [2.45, 2.75) is 38.7 Å². The minimum atomic E-state index is -0.234. The Kier molecular flexibility index (Phi) is 1.97. The Morgan fingerprint density at radius 2 is 2.23 bits per heavy atom. The highest BCUT2D eigenvalue weighted by molar-refractivity contribution is 5.70. The van der Waals surface area contributed by atoms with Gasteiger partial charge in [-0.25, -0.2) is 4.79 Å². The second-order valence-corrected chi connectivity index (χ2v) is 4.62. The van der Waals surface area contributed by atoms with Crippen molar-refractivity contribution in [3.8, 4) is 0 Å². The topological polar surface area (TPSA) is 38.3 Å². The van der Waals surface area contributed by atoms with Crippen LogP contribution in [0.25, 0.3) is 0 Å². The largest absolute Gasteiger partial charge is 0.441 e. The molecule has 1 N–H and O–H groups in total. The summed E-state index contributed by atoms with van der Waals surface area (Å²) in [5, 5.41) is 2.75. The summed E-state index contributed by atoms with van der Waals surface area (Å²) in [4.78, 5) is 11.0. The van der Waals surface area contributed by atoms with Gasteiger partial charge >= 0.3 is 6.09 Å². The van der Waals surface area contributed by atoms with Gasteiger partial charge in [-0.2, -0.15) is 0 Å². The molecule has 1 saturated carbocycles. The molecule has 2 aliphatic rings. The normalized spacial score (nSPS) is 44.6. The molecule has 2 fully saturated rings. The van der Waals surface area contributed by atoms with E-state index < -0.39 is 0 Å². The van der Waals surface area contributed by atoms with Crippen LogP contribution < -0.4 is 5.32 Å². The zero-order valence-electron chi connectivity index (χ0n) is 8.30. The number of ether oxygens (including phenoxy) is 1. The first-order valence-corrected chi connectivity index (χ1v) is 5.08. The van der Waals surface area contributed by atoms with Crippen LogP contribution in [0.4, 0.5) is 4.79 Å². The summed E-state index contributed by atoms with van der Waals surface area (Å²) >= 11 is 0. The maximum Gasteiger partial charge on any atom is 0.407 e. The molecule has 3 heteroatoms. The number of hydrogen-bond acceptors (Lipinski definition) is 2. The molecule has 0 aromatic rings. The van der Waals surface area contributed by atoms with Gasteiger partial charge < -0.3 is 10.1 Å². The summed E-state index contributed by atoms with van der Waals surface area (Å²) in [6.45, 7) is 5.24. The molecule has 13 heavy (non-hydrogen) atoms. The fourth-order valence-electron chi connectivity index (χ4n) is 2.42. The van der Waals surface area contributed by atoms with E-state index in [9.17, 15) is 4.79 Å². The van der Waals surface area contributed by atoms with E-state index >= 15 is 0 Å². The number of hydrogen-bond donors (Lipinski definition) is 1. The maximum absolute atomic E-state index is 11.0. The van der Waals surface area contributed by atoms with Crippen LogP contribution in [-0.2, 0) is 4.74 Å². The first-order valence-electron chi connectivity index (χ1n) is 5.08. The lowest BCUT2D eigenvalue weighted by atomic mass is 9.73. The fraction of sp³-hybridized carbons (Fsp3) is 0.900. The number of carbonyl (C=O) groups is 1. The molecule has 1 aliphatic carbocycles. The number of rotatable bonds is 0. The monoisotopic (exact) mass is 183 g/mol. The van der Waals surface area contributed by atoms with Crippen molar-refractivity contribution < 1.29 is 9.53 Å². The van der Waals surface area contributed by atoms with Crippen LogP contribution in [0.5, 0.6) is 0 Å². The van der Waals surface area contributed by atoms with E-state index in [2.05, 4.69) is 19.2 Å². The predicted octanol–water partition coefficient (Wildman–Crippen LogP) is 1.92. The Hall–Kier alpha value is -0.730. The Balaban J connectivity index is 2.05. The minimum absolute atomic E-state index is 0.164. The van der Waals surface area contributed by atoms with Gasteiger partial charge in [0, 0.05) is 0 Å². The summed E-state index contributed by atoms with van der Waals surface area (Å²) in [6.07, 6.45) is 2.99.